The largest absolute Gasteiger partial charge is 0.497 e. The van der Waals surface area contributed by atoms with Gasteiger partial charge in [0.05, 0.1) is 25.1 Å². The van der Waals surface area contributed by atoms with Crippen LogP contribution in [0.1, 0.15) is 35.3 Å². The first kappa shape index (κ1) is 19.8. The van der Waals surface area contributed by atoms with Crippen LogP contribution in [0.25, 0.3) is 0 Å². The number of methoxy groups -OCH3 is 1. The molecule has 0 aliphatic rings. The fraction of sp³-hybridized carbons (Fsp3) is 0.316. The Hall–Kier alpha value is -2.54. The molecule has 0 radical (unpaired) electrons. The molecule has 7 heteroatoms. The normalized spacial score (nSPS) is 12.3. The first-order valence-corrected chi connectivity index (χ1v) is 10.1. The molecule has 0 bridgehead atoms. The molecule has 0 saturated carbocycles. The monoisotopic (exact) mass is 376 g/mol. The van der Waals surface area contributed by atoms with Crippen molar-refractivity contribution in [1.29, 1.82) is 0 Å². The Balaban J connectivity index is 2.12. The highest BCUT2D eigenvalue weighted by Gasteiger charge is 2.16. The number of ether oxygens (including phenoxy) is 1. The van der Waals surface area contributed by atoms with Crippen LogP contribution < -0.4 is 14.4 Å². The van der Waals surface area contributed by atoms with Crippen molar-refractivity contribution in [3.63, 3.8) is 0 Å². The van der Waals surface area contributed by atoms with Gasteiger partial charge in [-0.2, -0.15) is 0 Å². The topological polar surface area (TPSA) is 75.7 Å². The average molecular weight is 376 g/mol. The van der Waals surface area contributed by atoms with Crippen molar-refractivity contribution in [2.45, 2.75) is 19.4 Å². The maximum atomic E-state index is 12.5. The van der Waals surface area contributed by atoms with Crippen molar-refractivity contribution in [3.05, 3.63) is 59.7 Å². The standard InChI is InChI=1S/C19H24N2O4S/c1-5-18(14-8-12-17(25-3)13-9-14)20-19(22)15-6-10-16(11-7-15)21(2)26(4,23)24/h6-13,18H,5H2,1-4H3,(H,20,22). The van der Waals surface area contributed by atoms with E-state index in [1.165, 1.54) is 11.4 Å². The van der Waals surface area contributed by atoms with E-state index in [9.17, 15) is 13.2 Å². The van der Waals surface area contributed by atoms with Crippen LogP contribution in [0.5, 0.6) is 5.75 Å². The van der Waals surface area contributed by atoms with Crippen LogP contribution in [0.2, 0.25) is 0 Å². The van der Waals surface area contributed by atoms with Gasteiger partial charge in [0.2, 0.25) is 10.0 Å². The van der Waals surface area contributed by atoms with Crippen LogP contribution in [0.4, 0.5) is 5.69 Å². The lowest BCUT2D eigenvalue weighted by molar-refractivity contribution is 0.0935. The fourth-order valence-electron chi connectivity index (χ4n) is 2.51. The van der Waals surface area contributed by atoms with Gasteiger partial charge in [-0.1, -0.05) is 19.1 Å². The van der Waals surface area contributed by atoms with Gasteiger partial charge in [-0.25, -0.2) is 8.42 Å². The Morgan fingerprint density at radius 3 is 2.15 bits per heavy atom. The molecule has 0 saturated heterocycles. The number of hydrogen-bond donors (Lipinski definition) is 1. The smallest absolute Gasteiger partial charge is 0.251 e. The van der Waals surface area contributed by atoms with Crippen molar-refractivity contribution in [1.82, 2.24) is 5.32 Å². The van der Waals surface area contributed by atoms with Crippen molar-refractivity contribution >= 4 is 21.6 Å². The highest BCUT2D eigenvalue weighted by molar-refractivity contribution is 7.92. The molecule has 0 aromatic heterocycles. The Morgan fingerprint density at radius 2 is 1.69 bits per heavy atom. The zero-order chi connectivity index (χ0) is 19.3. The highest BCUT2D eigenvalue weighted by atomic mass is 32.2. The van der Waals surface area contributed by atoms with E-state index in [-0.39, 0.29) is 11.9 Å². The predicted molar refractivity (Wildman–Crippen MR) is 103 cm³/mol. The fourth-order valence-corrected chi connectivity index (χ4v) is 3.02. The number of carbonyl (C=O) groups is 1. The summed E-state index contributed by atoms with van der Waals surface area (Å²) in [7, 11) is -0.248. The molecule has 2 aromatic rings. The minimum atomic E-state index is -3.33. The van der Waals surface area contributed by atoms with Crippen LogP contribution in [0.3, 0.4) is 0 Å². The second kappa shape index (κ2) is 8.23. The minimum Gasteiger partial charge on any atom is -0.497 e. The van der Waals surface area contributed by atoms with Gasteiger partial charge in [0.1, 0.15) is 5.75 Å². The molecule has 0 spiro atoms. The maximum absolute atomic E-state index is 12.5. The summed E-state index contributed by atoms with van der Waals surface area (Å²) < 4.78 is 29.5. The first-order valence-electron chi connectivity index (χ1n) is 8.25. The second-order valence-corrected chi connectivity index (χ2v) is 8.00. The molecule has 1 N–H and O–H groups in total. The van der Waals surface area contributed by atoms with E-state index in [4.69, 9.17) is 4.74 Å². The molecule has 0 fully saturated rings. The molecule has 6 nitrogen and oxygen atoms in total. The number of nitrogens with zero attached hydrogens (tertiary/aromatic N) is 1. The molecule has 0 aliphatic carbocycles. The Bertz CT molecular complexity index is 846. The average Bonchev–Trinajstić information content (AvgIpc) is 2.64. The zero-order valence-corrected chi connectivity index (χ0v) is 16.2. The molecule has 140 valence electrons. The van der Waals surface area contributed by atoms with E-state index in [0.717, 1.165) is 24.0 Å². The van der Waals surface area contributed by atoms with Crippen molar-refractivity contribution in [2.24, 2.45) is 0 Å². The lowest BCUT2D eigenvalue weighted by Crippen LogP contribution is -2.28. The van der Waals surface area contributed by atoms with E-state index >= 15 is 0 Å². The van der Waals surface area contributed by atoms with Crippen LogP contribution in [0.15, 0.2) is 48.5 Å². The molecule has 2 rings (SSSR count). The lowest BCUT2D eigenvalue weighted by Gasteiger charge is -2.19. The van der Waals surface area contributed by atoms with Gasteiger partial charge in [-0.15, -0.1) is 0 Å². The van der Waals surface area contributed by atoms with Gasteiger partial charge in [-0.3, -0.25) is 9.10 Å². The number of benzene rings is 2. The molecule has 0 heterocycles. The van der Waals surface area contributed by atoms with Gasteiger partial charge < -0.3 is 10.1 Å². The molecule has 1 unspecified atom stereocenters. The molecule has 0 aliphatic heterocycles. The quantitative estimate of drug-likeness (QED) is 0.806. The summed E-state index contributed by atoms with van der Waals surface area (Å²) in [5.41, 5.74) is 1.98. The number of amides is 1. The van der Waals surface area contributed by atoms with Crippen LogP contribution in [0, 0.1) is 0 Å². The van der Waals surface area contributed by atoms with Crippen LogP contribution in [-0.4, -0.2) is 34.7 Å². The van der Waals surface area contributed by atoms with E-state index in [1.807, 2.05) is 31.2 Å². The number of rotatable bonds is 7. The SMILES string of the molecule is CCC(NC(=O)c1ccc(N(C)S(C)(=O)=O)cc1)c1ccc(OC)cc1. The van der Waals surface area contributed by atoms with Gasteiger partial charge >= 0.3 is 0 Å². The van der Waals surface area contributed by atoms with Gasteiger partial charge in [0.15, 0.2) is 0 Å². The van der Waals surface area contributed by atoms with E-state index < -0.39 is 10.0 Å². The van der Waals surface area contributed by atoms with Crippen molar-refractivity contribution in [2.75, 3.05) is 24.7 Å². The predicted octanol–water partition coefficient (Wildman–Crippen LogP) is 2.97. The first-order chi connectivity index (χ1) is 12.3. The molecular formula is C19H24N2O4S. The zero-order valence-electron chi connectivity index (χ0n) is 15.4. The summed E-state index contributed by atoms with van der Waals surface area (Å²) in [4.78, 5) is 12.5. The summed E-state index contributed by atoms with van der Waals surface area (Å²) in [6, 6.07) is 13.9. The third kappa shape index (κ3) is 4.76. The summed E-state index contributed by atoms with van der Waals surface area (Å²) in [6.45, 7) is 2.00. The number of nitrogens with one attached hydrogen (secondary N) is 1. The van der Waals surface area contributed by atoms with E-state index in [2.05, 4.69) is 5.32 Å². The Morgan fingerprint density at radius 1 is 1.12 bits per heavy atom. The molecule has 1 amide bonds. The summed E-state index contributed by atoms with van der Waals surface area (Å²) in [6.07, 6.45) is 1.88. The summed E-state index contributed by atoms with van der Waals surface area (Å²) in [5.74, 6) is 0.557. The molecule has 2 aromatic carbocycles. The van der Waals surface area contributed by atoms with Gasteiger partial charge in [0, 0.05) is 12.6 Å². The van der Waals surface area contributed by atoms with Gasteiger partial charge in [-0.05, 0) is 48.4 Å². The summed E-state index contributed by atoms with van der Waals surface area (Å²) in [5, 5.41) is 3.00. The van der Waals surface area contributed by atoms with Crippen LogP contribution in [-0.2, 0) is 10.0 Å². The molecule has 1 atom stereocenters. The number of anilines is 1. The van der Waals surface area contributed by atoms with E-state index in [1.54, 1.807) is 31.4 Å². The Labute approximate surface area is 154 Å². The second-order valence-electron chi connectivity index (χ2n) is 5.98. The summed E-state index contributed by atoms with van der Waals surface area (Å²) >= 11 is 0. The van der Waals surface area contributed by atoms with Crippen LogP contribution >= 0.6 is 0 Å². The molecular weight excluding hydrogens is 352 g/mol. The molecule has 26 heavy (non-hydrogen) atoms. The minimum absolute atomic E-state index is 0.119. The van der Waals surface area contributed by atoms with Gasteiger partial charge in [0.25, 0.3) is 5.91 Å². The Kier molecular flexibility index (Phi) is 6.26. The van der Waals surface area contributed by atoms with E-state index in [0.29, 0.717) is 11.3 Å². The number of carbonyl (C=O) groups excluding carboxylic acids is 1. The van der Waals surface area contributed by atoms with Crippen molar-refractivity contribution < 1.29 is 17.9 Å². The number of hydrogen-bond acceptors (Lipinski definition) is 4. The highest BCUT2D eigenvalue weighted by Crippen LogP contribution is 2.21. The maximum Gasteiger partial charge on any atom is 0.251 e. The van der Waals surface area contributed by atoms with Crippen molar-refractivity contribution in [3.8, 4) is 5.75 Å². The number of sulfonamides is 1. The lowest BCUT2D eigenvalue weighted by atomic mass is 10.0. The third-order valence-corrected chi connectivity index (χ3v) is 5.43. The third-order valence-electron chi connectivity index (χ3n) is 4.22.